The Morgan fingerprint density at radius 2 is 1.65 bits per heavy atom. The lowest BCUT2D eigenvalue weighted by Crippen LogP contribution is -2.50. The zero-order valence-electron chi connectivity index (χ0n) is 11.8. The highest BCUT2D eigenvalue weighted by Gasteiger charge is 2.46. The smallest absolute Gasteiger partial charge is 0.282 e. The number of fused-ring (bicyclic) bond motifs is 2. The first kappa shape index (κ1) is 14.3. The van der Waals surface area contributed by atoms with Crippen LogP contribution in [-0.4, -0.2) is 54.7 Å². The summed E-state index contributed by atoms with van der Waals surface area (Å²) < 4.78 is 29.1. The molecule has 0 radical (unpaired) electrons. The van der Waals surface area contributed by atoms with Crippen LogP contribution in [-0.2, 0) is 15.0 Å². The van der Waals surface area contributed by atoms with Crippen molar-refractivity contribution in [3.63, 3.8) is 0 Å². The summed E-state index contributed by atoms with van der Waals surface area (Å²) in [6, 6.07) is -0.199. The van der Waals surface area contributed by atoms with Gasteiger partial charge in [-0.2, -0.15) is 17.0 Å². The van der Waals surface area contributed by atoms with Gasteiger partial charge in [0, 0.05) is 38.1 Å². The largest absolute Gasteiger partial charge is 0.354 e. The Balaban J connectivity index is 1.84. The van der Waals surface area contributed by atoms with E-state index in [1.165, 1.54) is 0 Å². The van der Waals surface area contributed by atoms with Gasteiger partial charge in [-0.15, -0.1) is 0 Å². The van der Waals surface area contributed by atoms with Crippen LogP contribution in [0.25, 0.3) is 0 Å². The van der Waals surface area contributed by atoms with Crippen molar-refractivity contribution >= 4 is 16.1 Å². The lowest BCUT2D eigenvalue weighted by Gasteiger charge is -2.32. The Kier molecular flexibility index (Phi) is 4.01. The highest BCUT2D eigenvalue weighted by atomic mass is 32.2. The van der Waals surface area contributed by atoms with Gasteiger partial charge in [0.1, 0.15) is 0 Å². The van der Waals surface area contributed by atoms with Gasteiger partial charge in [0.25, 0.3) is 10.2 Å². The minimum Gasteiger partial charge on any atom is -0.354 e. The number of nitrogens with one attached hydrogen (secondary N) is 1. The predicted octanol–water partition coefficient (Wildman–Crippen LogP) is 0.460. The molecule has 114 valence electrons. The summed E-state index contributed by atoms with van der Waals surface area (Å²) in [6.07, 6.45) is 6.09. The van der Waals surface area contributed by atoms with Gasteiger partial charge in [0.05, 0.1) is 0 Å². The number of nitrogens with zero attached hydrogens (tertiary/aromatic N) is 2. The molecule has 1 N–H and O–H groups in total. The molecule has 3 fully saturated rings. The molecule has 3 aliphatic heterocycles. The van der Waals surface area contributed by atoms with Gasteiger partial charge in [-0.05, 0) is 25.7 Å². The van der Waals surface area contributed by atoms with E-state index in [1.807, 2.05) is 0 Å². The van der Waals surface area contributed by atoms with Crippen molar-refractivity contribution in [2.45, 2.75) is 57.0 Å². The molecule has 7 heteroatoms. The van der Waals surface area contributed by atoms with Crippen LogP contribution >= 0.6 is 0 Å². The summed E-state index contributed by atoms with van der Waals surface area (Å²) in [5.74, 6) is -0.0201. The van der Waals surface area contributed by atoms with Crippen LogP contribution in [0.15, 0.2) is 0 Å². The third kappa shape index (κ3) is 2.58. The molecular weight excluding hydrogens is 278 g/mol. The average molecular weight is 301 g/mol. The fourth-order valence-corrected chi connectivity index (χ4v) is 5.72. The summed E-state index contributed by atoms with van der Waals surface area (Å²) in [7, 11) is -3.42. The Labute approximate surface area is 120 Å². The molecule has 2 bridgehead atoms. The summed E-state index contributed by atoms with van der Waals surface area (Å²) in [6.45, 7) is 1.71. The Morgan fingerprint density at radius 1 is 1.00 bits per heavy atom. The van der Waals surface area contributed by atoms with Gasteiger partial charge >= 0.3 is 0 Å². The fraction of sp³-hybridized carbons (Fsp3) is 0.923. The highest BCUT2D eigenvalue weighted by Crippen LogP contribution is 2.33. The molecule has 2 atom stereocenters. The number of hydrogen-bond acceptors (Lipinski definition) is 3. The number of amides is 1. The van der Waals surface area contributed by atoms with Crippen LogP contribution in [0.5, 0.6) is 0 Å². The third-order valence-corrected chi connectivity index (χ3v) is 6.81. The van der Waals surface area contributed by atoms with Crippen molar-refractivity contribution < 1.29 is 13.2 Å². The topological polar surface area (TPSA) is 69.7 Å². The van der Waals surface area contributed by atoms with Crippen LogP contribution in [0.1, 0.15) is 44.9 Å². The molecule has 0 spiro atoms. The molecule has 3 aliphatic rings. The van der Waals surface area contributed by atoms with Crippen molar-refractivity contribution in [1.82, 2.24) is 13.9 Å². The van der Waals surface area contributed by atoms with E-state index in [0.29, 0.717) is 26.1 Å². The number of hydrogen-bond donors (Lipinski definition) is 1. The van der Waals surface area contributed by atoms with Crippen LogP contribution in [0.2, 0.25) is 0 Å². The number of carbonyl (C=O) groups is 1. The van der Waals surface area contributed by atoms with E-state index in [4.69, 9.17) is 0 Å². The first-order valence-corrected chi connectivity index (χ1v) is 9.04. The molecule has 3 heterocycles. The summed E-state index contributed by atoms with van der Waals surface area (Å²) in [5, 5.41) is 2.83. The molecule has 6 nitrogen and oxygen atoms in total. The molecule has 1 amide bonds. The highest BCUT2D eigenvalue weighted by molar-refractivity contribution is 7.86. The Morgan fingerprint density at radius 3 is 2.35 bits per heavy atom. The van der Waals surface area contributed by atoms with Gasteiger partial charge in [0.2, 0.25) is 5.91 Å². The van der Waals surface area contributed by atoms with Crippen LogP contribution in [0.4, 0.5) is 0 Å². The maximum atomic E-state index is 12.9. The molecule has 0 aromatic carbocycles. The standard InChI is InChI=1S/C13H23N3O3S/c17-13-9-11-5-6-12(10-14-13)16(11)20(18,19)15-7-3-1-2-4-8-15/h11-12H,1-10H2,(H,14,17)/t11-,12+/m1/s1. The SMILES string of the molecule is O=C1C[C@H]2CC[C@@H](CN1)N2S(=O)(=O)N1CCCCCC1. The second-order valence-electron chi connectivity index (χ2n) is 6.04. The second kappa shape index (κ2) is 5.61. The van der Waals surface area contributed by atoms with E-state index in [9.17, 15) is 13.2 Å². The molecule has 3 rings (SSSR count). The van der Waals surface area contributed by atoms with Crippen LogP contribution in [0.3, 0.4) is 0 Å². The predicted molar refractivity (Wildman–Crippen MR) is 75.2 cm³/mol. The van der Waals surface area contributed by atoms with Gasteiger partial charge in [0.15, 0.2) is 0 Å². The Hall–Kier alpha value is -0.660. The monoisotopic (exact) mass is 301 g/mol. The maximum absolute atomic E-state index is 12.9. The zero-order chi connectivity index (χ0) is 14.2. The van der Waals surface area contributed by atoms with Gasteiger partial charge in [-0.3, -0.25) is 4.79 Å². The van der Waals surface area contributed by atoms with Crippen LogP contribution in [0, 0.1) is 0 Å². The molecule has 0 aromatic rings. The molecule has 0 unspecified atom stereocenters. The van der Waals surface area contributed by atoms with Crippen LogP contribution < -0.4 is 5.32 Å². The number of carbonyl (C=O) groups excluding carboxylic acids is 1. The van der Waals surface area contributed by atoms with Crippen molar-refractivity contribution in [1.29, 1.82) is 0 Å². The Bertz CT molecular complexity index is 471. The van der Waals surface area contributed by atoms with Gasteiger partial charge in [-0.1, -0.05) is 12.8 Å². The molecule has 0 saturated carbocycles. The molecule has 0 aromatic heterocycles. The minimum absolute atomic E-state index is 0.0201. The van der Waals surface area contributed by atoms with Crippen molar-refractivity contribution in [2.24, 2.45) is 0 Å². The van der Waals surface area contributed by atoms with Crippen molar-refractivity contribution in [2.75, 3.05) is 19.6 Å². The minimum atomic E-state index is -3.42. The molecule has 3 saturated heterocycles. The summed E-state index contributed by atoms with van der Waals surface area (Å²) in [5.41, 5.74) is 0. The normalized spacial score (nSPS) is 33.5. The van der Waals surface area contributed by atoms with Gasteiger partial charge in [-0.25, -0.2) is 0 Å². The molecule has 0 aliphatic carbocycles. The second-order valence-corrected chi connectivity index (χ2v) is 7.88. The molecular formula is C13H23N3O3S. The first-order chi connectivity index (χ1) is 9.59. The first-order valence-electron chi connectivity index (χ1n) is 7.64. The third-order valence-electron chi connectivity index (χ3n) is 4.67. The van der Waals surface area contributed by atoms with E-state index in [2.05, 4.69) is 5.32 Å². The summed E-state index contributed by atoms with van der Waals surface area (Å²) >= 11 is 0. The fourth-order valence-electron chi connectivity index (χ4n) is 3.62. The molecule has 20 heavy (non-hydrogen) atoms. The van der Waals surface area contributed by atoms with E-state index in [1.54, 1.807) is 8.61 Å². The quantitative estimate of drug-likeness (QED) is 0.805. The van der Waals surface area contributed by atoms with Gasteiger partial charge < -0.3 is 5.32 Å². The van der Waals surface area contributed by atoms with Crippen molar-refractivity contribution in [3.05, 3.63) is 0 Å². The van der Waals surface area contributed by atoms with E-state index in [-0.39, 0.29) is 18.0 Å². The van der Waals surface area contributed by atoms with E-state index < -0.39 is 10.2 Å². The lowest BCUT2D eigenvalue weighted by molar-refractivity contribution is -0.121. The van der Waals surface area contributed by atoms with Crippen molar-refractivity contribution in [3.8, 4) is 0 Å². The lowest BCUT2D eigenvalue weighted by atomic mass is 10.1. The summed E-state index contributed by atoms with van der Waals surface area (Å²) in [4.78, 5) is 11.6. The van der Waals surface area contributed by atoms with E-state index >= 15 is 0 Å². The average Bonchev–Trinajstić information content (AvgIpc) is 2.58. The maximum Gasteiger partial charge on any atom is 0.282 e. The number of rotatable bonds is 2. The zero-order valence-corrected chi connectivity index (χ0v) is 12.6. The van der Waals surface area contributed by atoms with E-state index in [0.717, 1.165) is 38.5 Å².